The molecule has 1 rings (SSSR count). The standard InChI is InChI=1S/C12H21N3/c1-12(2,3)9-15(4)11-5-6-14-8-10(11)7-13/h5-6,8H,7,9,13H2,1-4H3. The Balaban J connectivity index is 2.86. The minimum Gasteiger partial charge on any atom is -0.374 e. The molecule has 3 nitrogen and oxygen atoms in total. The molecule has 1 aromatic rings. The van der Waals surface area contributed by atoms with Crippen molar-refractivity contribution in [1.82, 2.24) is 4.98 Å². The van der Waals surface area contributed by atoms with Crippen molar-refractivity contribution in [2.75, 3.05) is 18.5 Å². The fourth-order valence-corrected chi connectivity index (χ4v) is 1.75. The van der Waals surface area contributed by atoms with Gasteiger partial charge < -0.3 is 10.6 Å². The monoisotopic (exact) mass is 207 g/mol. The molecule has 0 fully saturated rings. The molecule has 0 atom stereocenters. The molecule has 0 radical (unpaired) electrons. The Hall–Kier alpha value is -1.09. The first-order valence-corrected chi connectivity index (χ1v) is 5.28. The predicted octanol–water partition coefficient (Wildman–Crippen LogP) is 2.02. The van der Waals surface area contributed by atoms with Gasteiger partial charge in [0.15, 0.2) is 0 Å². The van der Waals surface area contributed by atoms with Gasteiger partial charge in [0.05, 0.1) is 0 Å². The van der Waals surface area contributed by atoms with Crippen molar-refractivity contribution in [2.24, 2.45) is 11.1 Å². The van der Waals surface area contributed by atoms with Crippen LogP contribution in [-0.4, -0.2) is 18.6 Å². The first-order chi connectivity index (χ1) is 6.94. The Morgan fingerprint density at radius 3 is 2.60 bits per heavy atom. The second-order valence-corrected chi connectivity index (χ2v) is 5.13. The molecule has 0 aliphatic carbocycles. The summed E-state index contributed by atoms with van der Waals surface area (Å²) in [6.45, 7) is 8.23. The second kappa shape index (κ2) is 4.62. The Labute approximate surface area is 92.3 Å². The summed E-state index contributed by atoms with van der Waals surface area (Å²) >= 11 is 0. The van der Waals surface area contributed by atoms with Crippen molar-refractivity contribution < 1.29 is 0 Å². The van der Waals surface area contributed by atoms with E-state index in [0.717, 1.165) is 12.1 Å². The molecular formula is C12H21N3. The van der Waals surface area contributed by atoms with Crippen LogP contribution in [0, 0.1) is 5.41 Å². The molecule has 0 spiro atoms. The van der Waals surface area contributed by atoms with Crippen molar-refractivity contribution >= 4 is 5.69 Å². The number of hydrogen-bond donors (Lipinski definition) is 1. The lowest BCUT2D eigenvalue weighted by Gasteiger charge is -2.29. The maximum absolute atomic E-state index is 5.69. The lowest BCUT2D eigenvalue weighted by molar-refractivity contribution is 0.418. The van der Waals surface area contributed by atoms with Gasteiger partial charge in [-0.15, -0.1) is 0 Å². The molecule has 3 heteroatoms. The molecule has 15 heavy (non-hydrogen) atoms. The summed E-state index contributed by atoms with van der Waals surface area (Å²) in [7, 11) is 2.10. The summed E-state index contributed by atoms with van der Waals surface area (Å²) in [4.78, 5) is 6.33. The molecule has 2 N–H and O–H groups in total. The minimum absolute atomic E-state index is 0.282. The summed E-state index contributed by atoms with van der Waals surface area (Å²) < 4.78 is 0. The van der Waals surface area contributed by atoms with E-state index in [1.54, 1.807) is 0 Å². The maximum atomic E-state index is 5.69. The van der Waals surface area contributed by atoms with Crippen LogP contribution in [0.2, 0.25) is 0 Å². The Morgan fingerprint density at radius 2 is 2.07 bits per heavy atom. The first-order valence-electron chi connectivity index (χ1n) is 5.28. The van der Waals surface area contributed by atoms with Crippen molar-refractivity contribution in [2.45, 2.75) is 27.3 Å². The third kappa shape index (κ3) is 3.51. The largest absolute Gasteiger partial charge is 0.374 e. The Bertz CT molecular complexity index is 315. The first kappa shape index (κ1) is 12.0. The van der Waals surface area contributed by atoms with Crippen LogP contribution in [0.15, 0.2) is 18.5 Å². The third-order valence-corrected chi connectivity index (χ3v) is 2.22. The van der Waals surface area contributed by atoms with E-state index < -0.39 is 0 Å². The van der Waals surface area contributed by atoms with Gasteiger partial charge in [-0.3, -0.25) is 4.98 Å². The lowest BCUT2D eigenvalue weighted by Crippen LogP contribution is -2.30. The molecule has 0 saturated heterocycles. The van der Waals surface area contributed by atoms with Gasteiger partial charge in [0, 0.05) is 43.8 Å². The molecule has 0 aliphatic rings. The molecule has 1 heterocycles. The van der Waals surface area contributed by atoms with Gasteiger partial charge in [-0.05, 0) is 11.5 Å². The van der Waals surface area contributed by atoms with Crippen molar-refractivity contribution in [3.05, 3.63) is 24.0 Å². The molecule has 0 bridgehead atoms. The van der Waals surface area contributed by atoms with E-state index >= 15 is 0 Å². The predicted molar refractivity (Wildman–Crippen MR) is 64.9 cm³/mol. The summed E-state index contributed by atoms with van der Waals surface area (Å²) in [6, 6.07) is 2.02. The summed E-state index contributed by atoms with van der Waals surface area (Å²) in [5, 5.41) is 0. The maximum Gasteiger partial charge on any atom is 0.0440 e. The SMILES string of the molecule is CN(CC(C)(C)C)c1ccncc1CN. The number of hydrogen-bond acceptors (Lipinski definition) is 3. The van der Waals surface area contributed by atoms with E-state index in [4.69, 9.17) is 5.73 Å². The van der Waals surface area contributed by atoms with Gasteiger partial charge in [-0.2, -0.15) is 0 Å². The zero-order chi connectivity index (χ0) is 11.5. The summed E-state index contributed by atoms with van der Waals surface area (Å²) in [6.07, 6.45) is 3.65. The topological polar surface area (TPSA) is 42.2 Å². The highest BCUT2D eigenvalue weighted by Crippen LogP contribution is 2.22. The summed E-state index contributed by atoms with van der Waals surface area (Å²) in [5.41, 5.74) is 8.25. The van der Waals surface area contributed by atoms with Gasteiger partial charge in [0.1, 0.15) is 0 Å². The fourth-order valence-electron chi connectivity index (χ4n) is 1.75. The molecule has 0 amide bonds. The van der Waals surface area contributed by atoms with E-state index in [1.807, 2.05) is 18.5 Å². The smallest absolute Gasteiger partial charge is 0.0440 e. The quantitative estimate of drug-likeness (QED) is 0.824. The summed E-state index contributed by atoms with van der Waals surface area (Å²) in [5.74, 6) is 0. The van der Waals surface area contributed by atoms with Crippen LogP contribution in [0.4, 0.5) is 5.69 Å². The number of nitrogens with zero attached hydrogens (tertiary/aromatic N) is 2. The minimum atomic E-state index is 0.282. The van der Waals surface area contributed by atoms with Crippen LogP contribution in [0.1, 0.15) is 26.3 Å². The molecule has 1 aromatic heterocycles. The van der Waals surface area contributed by atoms with Gasteiger partial charge in [-0.1, -0.05) is 20.8 Å². The lowest BCUT2D eigenvalue weighted by atomic mass is 9.96. The second-order valence-electron chi connectivity index (χ2n) is 5.13. The number of nitrogens with two attached hydrogens (primary N) is 1. The highest BCUT2D eigenvalue weighted by atomic mass is 15.1. The van der Waals surface area contributed by atoms with E-state index in [0.29, 0.717) is 6.54 Å². The third-order valence-electron chi connectivity index (χ3n) is 2.22. The number of rotatable bonds is 3. The van der Waals surface area contributed by atoms with Gasteiger partial charge in [0.2, 0.25) is 0 Å². The molecule has 0 unspecified atom stereocenters. The van der Waals surface area contributed by atoms with Crippen LogP contribution >= 0.6 is 0 Å². The zero-order valence-corrected chi connectivity index (χ0v) is 10.1. The molecular weight excluding hydrogens is 186 g/mol. The van der Waals surface area contributed by atoms with Crippen LogP contribution in [0.25, 0.3) is 0 Å². The number of aromatic nitrogens is 1. The average Bonchev–Trinajstić information content (AvgIpc) is 2.15. The zero-order valence-electron chi connectivity index (χ0n) is 10.1. The van der Waals surface area contributed by atoms with Crippen molar-refractivity contribution in [1.29, 1.82) is 0 Å². The van der Waals surface area contributed by atoms with Gasteiger partial charge >= 0.3 is 0 Å². The van der Waals surface area contributed by atoms with Crippen LogP contribution in [0.3, 0.4) is 0 Å². The number of anilines is 1. The van der Waals surface area contributed by atoms with E-state index in [1.165, 1.54) is 5.69 Å². The Kier molecular flexibility index (Phi) is 3.69. The average molecular weight is 207 g/mol. The van der Waals surface area contributed by atoms with Crippen molar-refractivity contribution in [3.8, 4) is 0 Å². The number of pyridine rings is 1. The van der Waals surface area contributed by atoms with E-state index in [2.05, 4.69) is 37.7 Å². The molecule has 84 valence electrons. The van der Waals surface area contributed by atoms with Crippen molar-refractivity contribution in [3.63, 3.8) is 0 Å². The highest BCUT2D eigenvalue weighted by molar-refractivity contribution is 5.51. The van der Waals surface area contributed by atoms with E-state index in [-0.39, 0.29) is 5.41 Å². The van der Waals surface area contributed by atoms with Crippen LogP contribution < -0.4 is 10.6 Å². The van der Waals surface area contributed by atoms with Gasteiger partial charge in [-0.25, -0.2) is 0 Å². The van der Waals surface area contributed by atoms with Crippen LogP contribution in [0.5, 0.6) is 0 Å². The van der Waals surface area contributed by atoms with Crippen LogP contribution in [-0.2, 0) is 6.54 Å². The Morgan fingerprint density at radius 1 is 1.40 bits per heavy atom. The normalized spacial score (nSPS) is 11.5. The van der Waals surface area contributed by atoms with E-state index in [9.17, 15) is 0 Å². The fraction of sp³-hybridized carbons (Fsp3) is 0.583. The molecule has 0 saturated carbocycles. The highest BCUT2D eigenvalue weighted by Gasteiger charge is 2.15. The van der Waals surface area contributed by atoms with Gasteiger partial charge in [0.25, 0.3) is 0 Å². The molecule has 0 aromatic carbocycles. The molecule has 0 aliphatic heterocycles.